The SMILES string of the molecule is FC(F)(F)c1cccc(P(c2ccccc2)c2ccccc2)c1Nc1ccccc1. The fourth-order valence-corrected chi connectivity index (χ4v) is 5.77. The molecule has 0 amide bonds. The number of hydrogen-bond donors (Lipinski definition) is 1. The van der Waals surface area contributed by atoms with Crippen molar-refractivity contribution in [2.24, 2.45) is 0 Å². The summed E-state index contributed by atoms with van der Waals surface area (Å²) in [5.74, 6) is 0. The molecule has 0 spiro atoms. The Morgan fingerprint density at radius 3 is 1.57 bits per heavy atom. The van der Waals surface area contributed by atoms with Crippen LogP contribution in [0.3, 0.4) is 0 Å². The fraction of sp³-hybridized carbons (Fsp3) is 0.0400. The number of benzene rings is 4. The Morgan fingerprint density at radius 2 is 1.07 bits per heavy atom. The number of para-hydroxylation sites is 2. The van der Waals surface area contributed by atoms with Crippen molar-refractivity contribution in [1.29, 1.82) is 0 Å². The number of halogens is 3. The standard InChI is InChI=1S/C25H19F3NP/c26-25(27,28)22-17-10-18-23(24(22)29-19-11-4-1-5-12-19)30(20-13-6-2-7-14-20)21-15-8-3-9-16-21/h1-18,29H. The average Bonchev–Trinajstić information content (AvgIpc) is 2.76. The van der Waals surface area contributed by atoms with Gasteiger partial charge in [0.2, 0.25) is 0 Å². The summed E-state index contributed by atoms with van der Waals surface area (Å²) in [7, 11) is -1.19. The van der Waals surface area contributed by atoms with Crippen molar-refractivity contribution in [3.8, 4) is 0 Å². The van der Waals surface area contributed by atoms with E-state index >= 15 is 0 Å². The van der Waals surface area contributed by atoms with Gasteiger partial charge in [0.15, 0.2) is 0 Å². The predicted octanol–water partition coefficient (Wildman–Crippen LogP) is 6.21. The third-order valence-electron chi connectivity index (χ3n) is 4.66. The third-order valence-corrected chi connectivity index (χ3v) is 7.14. The smallest absolute Gasteiger partial charge is 0.354 e. The molecule has 4 aromatic carbocycles. The summed E-state index contributed by atoms with van der Waals surface area (Å²) in [5, 5.41) is 5.69. The summed E-state index contributed by atoms with van der Waals surface area (Å²) in [6, 6.07) is 32.8. The zero-order chi connectivity index (χ0) is 21.0. The lowest BCUT2D eigenvalue weighted by Gasteiger charge is -2.25. The van der Waals surface area contributed by atoms with E-state index < -0.39 is 19.7 Å². The molecule has 0 atom stereocenters. The van der Waals surface area contributed by atoms with Gasteiger partial charge in [-0.05, 0) is 36.7 Å². The van der Waals surface area contributed by atoms with Crippen molar-refractivity contribution < 1.29 is 13.2 Å². The van der Waals surface area contributed by atoms with Gasteiger partial charge in [0.25, 0.3) is 0 Å². The third kappa shape index (κ3) is 4.39. The van der Waals surface area contributed by atoms with Crippen LogP contribution in [0.15, 0.2) is 109 Å². The molecule has 0 saturated heterocycles. The van der Waals surface area contributed by atoms with Crippen molar-refractivity contribution in [3.63, 3.8) is 0 Å². The molecule has 0 unspecified atom stereocenters. The Bertz CT molecular complexity index is 1060. The predicted molar refractivity (Wildman–Crippen MR) is 120 cm³/mol. The van der Waals surface area contributed by atoms with Gasteiger partial charge in [0.1, 0.15) is 0 Å². The second-order valence-electron chi connectivity index (χ2n) is 6.69. The Balaban J connectivity index is 1.95. The van der Waals surface area contributed by atoms with Gasteiger partial charge >= 0.3 is 6.18 Å². The highest BCUT2D eigenvalue weighted by atomic mass is 31.1. The zero-order valence-electron chi connectivity index (χ0n) is 16.0. The van der Waals surface area contributed by atoms with Crippen LogP contribution < -0.4 is 21.2 Å². The maximum atomic E-state index is 14.0. The molecule has 4 aromatic rings. The van der Waals surface area contributed by atoms with Gasteiger partial charge in [-0.3, -0.25) is 0 Å². The average molecular weight is 421 g/mol. The van der Waals surface area contributed by atoms with Crippen molar-refractivity contribution in [2.45, 2.75) is 6.18 Å². The van der Waals surface area contributed by atoms with Crippen molar-refractivity contribution in [3.05, 3.63) is 115 Å². The highest BCUT2D eigenvalue weighted by molar-refractivity contribution is 7.80. The molecule has 0 heterocycles. The normalized spacial score (nSPS) is 11.5. The van der Waals surface area contributed by atoms with E-state index in [1.54, 1.807) is 30.3 Å². The second-order valence-corrected chi connectivity index (χ2v) is 8.88. The van der Waals surface area contributed by atoms with Crippen LogP contribution in [0.2, 0.25) is 0 Å². The summed E-state index contributed by atoms with van der Waals surface area (Å²) < 4.78 is 41.9. The topological polar surface area (TPSA) is 12.0 Å². The minimum absolute atomic E-state index is 0.106. The fourth-order valence-electron chi connectivity index (χ4n) is 3.34. The Kier molecular flexibility index (Phi) is 5.87. The summed E-state index contributed by atoms with van der Waals surface area (Å²) in [6.07, 6.45) is -4.47. The van der Waals surface area contributed by atoms with Gasteiger partial charge in [0.05, 0.1) is 11.3 Å². The molecule has 0 bridgehead atoms. The van der Waals surface area contributed by atoms with Crippen LogP contribution in [0.25, 0.3) is 0 Å². The number of nitrogens with one attached hydrogen (secondary N) is 1. The Labute approximate surface area is 175 Å². The summed E-state index contributed by atoms with van der Waals surface area (Å²) in [5.41, 5.74) is 0.0600. The van der Waals surface area contributed by atoms with E-state index in [0.717, 1.165) is 16.7 Å². The van der Waals surface area contributed by atoms with Crippen molar-refractivity contribution in [2.75, 3.05) is 5.32 Å². The first-order chi connectivity index (χ1) is 14.5. The Hall–Kier alpha value is -3.10. The lowest BCUT2D eigenvalue weighted by Crippen LogP contribution is -2.25. The second kappa shape index (κ2) is 8.73. The van der Waals surface area contributed by atoms with E-state index in [1.165, 1.54) is 6.07 Å². The maximum absolute atomic E-state index is 14.0. The number of alkyl halides is 3. The molecule has 5 heteroatoms. The number of hydrogen-bond acceptors (Lipinski definition) is 1. The molecule has 0 aliphatic carbocycles. The molecule has 0 aliphatic heterocycles. The van der Waals surface area contributed by atoms with Crippen LogP contribution in [-0.2, 0) is 6.18 Å². The van der Waals surface area contributed by atoms with E-state index in [4.69, 9.17) is 0 Å². The van der Waals surface area contributed by atoms with Gasteiger partial charge < -0.3 is 5.32 Å². The molecular formula is C25H19F3NP. The molecule has 0 radical (unpaired) electrons. The summed E-state index contributed by atoms with van der Waals surface area (Å²) >= 11 is 0. The van der Waals surface area contributed by atoms with E-state index in [0.29, 0.717) is 11.0 Å². The zero-order valence-corrected chi connectivity index (χ0v) is 16.9. The van der Waals surface area contributed by atoms with Crippen LogP contribution in [0.5, 0.6) is 0 Å². The van der Waals surface area contributed by atoms with E-state index in [-0.39, 0.29) is 5.69 Å². The highest BCUT2D eigenvalue weighted by Crippen LogP contribution is 2.42. The van der Waals surface area contributed by atoms with Gasteiger partial charge in [0, 0.05) is 11.0 Å². The quantitative estimate of drug-likeness (QED) is 0.378. The lowest BCUT2D eigenvalue weighted by atomic mass is 10.1. The monoisotopic (exact) mass is 421 g/mol. The number of rotatable bonds is 5. The Morgan fingerprint density at radius 1 is 0.567 bits per heavy atom. The summed E-state index contributed by atoms with van der Waals surface area (Å²) in [4.78, 5) is 0. The van der Waals surface area contributed by atoms with E-state index in [1.807, 2.05) is 66.7 Å². The molecule has 150 valence electrons. The number of anilines is 2. The lowest BCUT2D eigenvalue weighted by molar-refractivity contribution is -0.136. The molecule has 0 aromatic heterocycles. The highest BCUT2D eigenvalue weighted by Gasteiger charge is 2.36. The first kappa shape index (κ1) is 20.2. The molecule has 0 fully saturated rings. The van der Waals surface area contributed by atoms with E-state index in [2.05, 4.69) is 5.32 Å². The molecule has 1 N–H and O–H groups in total. The van der Waals surface area contributed by atoms with E-state index in [9.17, 15) is 13.2 Å². The van der Waals surface area contributed by atoms with Crippen molar-refractivity contribution >= 4 is 35.2 Å². The minimum Gasteiger partial charge on any atom is -0.354 e. The molecule has 0 aliphatic rings. The van der Waals surface area contributed by atoms with Gasteiger partial charge in [-0.2, -0.15) is 13.2 Å². The molecule has 1 nitrogen and oxygen atoms in total. The maximum Gasteiger partial charge on any atom is 0.418 e. The molecule has 30 heavy (non-hydrogen) atoms. The van der Waals surface area contributed by atoms with Crippen LogP contribution in [0, 0.1) is 0 Å². The molecular weight excluding hydrogens is 402 g/mol. The van der Waals surface area contributed by atoms with Crippen LogP contribution in [-0.4, -0.2) is 0 Å². The molecule has 4 rings (SSSR count). The minimum atomic E-state index is -4.47. The van der Waals surface area contributed by atoms with Crippen LogP contribution >= 0.6 is 7.92 Å². The van der Waals surface area contributed by atoms with Gasteiger partial charge in [-0.15, -0.1) is 0 Å². The summed E-state index contributed by atoms with van der Waals surface area (Å²) in [6.45, 7) is 0. The van der Waals surface area contributed by atoms with Crippen molar-refractivity contribution in [1.82, 2.24) is 0 Å². The van der Waals surface area contributed by atoms with Crippen LogP contribution in [0.4, 0.5) is 24.5 Å². The first-order valence-corrected chi connectivity index (χ1v) is 10.8. The molecule has 0 saturated carbocycles. The van der Waals surface area contributed by atoms with Gasteiger partial charge in [-0.1, -0.05) is 91.0 Å². The largest absolute Gasteiger partial charge is 0.418 e. The van der Waals surface area contributed by atoms with Gasteiger partial charge in [-0.25, -0.2) is 0 Å². The first-order valence-electron chi connectivity index (χ1n) is 9.46. The van der Waals surface area contributed by atoms with Crippen LogP contribution in [0.1, 0.15) is 5.56 Å².